The Morgan fingerprint density at radius 1 is 0.917 bits per heavy atom. The highest BCUT2D eigenvalue weighted by Gasteiger charge is 2.25. The molecule has 0 amide bonds. The van der Waals surface area contributed by atoms with Crippen LogP contribution in [-0.2, 0) is 0 Å². The van der Waals surface area contributed by atoms with E-state index in [4.69, 9.17) is 11.1 Å². The predicted octanol–water partition coefficient (Wildman–Crippen LogP) is 5.65. The van der Waals surface area contributed by atoms with Gasteiger partial charge in [0.05, 0.1) is 25.0 Å². The Hall–Kier alpha value is -3.84. The quantitative estimate of drug-likeness (QED) is 0.313. The van der Waals surface area contributed by atoms with Crippen LogP contribution in [0.2, 0.25) is 0 Å². The van der Waals surface area contributed by atoms with Crippen LogP contribution in [-0.4, -0.2) is 54.7 Å². The third-order valence-electron chi connectivity index (χ3n) is 6.72. The minimum Gasteiger partial charge on any atom is -0.485 e. The lowest BCUT2D eigenvalue weighted by atomic mass is 10.0. The molecule has 0 bridgehead atoms. The summed E-state index contributed by atoms with van der Waals surface area (Å²) in [7, 11) is 0. The normalized spacial score (nSPS) is 15.3. The van der Waals surface area contributed by atoms with E-state index < -0.39 is 0 Å². The number of likely N-dealkylation sites (tertiary alicyclic amines) is 1. The fourth-order valence-electron chi connectivity index (χ4n) is 5.10. The highest BCUT2D eigenvalue weighted by molar-refractivity contribution is 5.97. The van der Waals surface area contributed by atoms with Crippen LogP contribution in [0.4, 0.5) is 0 Å². The van der Waals surface area contributed by atoms with Crippen molar-refractivity contribution in [3.8, 4) is 28.1 Å². The van der Waals surface area contributed by atoms with E-state index in [9.17, 15) is 0 Å². The summed E-state index contributed by atoms with van der Waals surface area (Å²) >= 11 is 0. The molecule has 4 aromatic heterocycles. The third-order valence-corrected chi connectivity index (χ3v) is 6.72. The van der Waals surface area contributed by atoms with Gasteiger partial charge >= 0.3 is 0 Å². The summed E-state index contributed by atoms with van der Waals surface area (Å²) in [6.45, 7) is 7.49. The van der Waals surface area contributed by atoms with Crippen LogP contribution in [0.15, 0.2) is 73.4 Å². The van der Waals surface area contributed by atoms with Crippen LogP contribution in [0.5, 0.6) is 5.75 Å². The molecular weight excluding hydrogens is 448 g/mol. The van der Waals surface area contributed by atoms with Crippen LogP contribution >= 0.6 is 0 Å². The van der Waals surface area contributed by atoms with Gasteiger partial charge in [-0.15, -0.1) is 0 Å². The Morgan fingerprint density at radius 3 is 2.64 bits per heavy atom. The predicted molar refractivity (Wildman–Crippen MR) is 142 cm³/mol. The molecule has 1 aliphatic heterocycles. The van der Waals surface area contributed by atoms with Gasteiger partial charge < -0.3 is 4.74 Å². The van der Waals surface area contributed by atoms with Gasteiger partial charge in [0.25, 0.3) is 0 Å². The number of benzene rings is 1. The first kappa shape index (κ1) is 21.4. The molecule has 1 aromatic carbocycles. The zero-order valence-electron chi connectivity index (χ0n) is 21.7. The molecule has 0 unspecified atom stereocenters. The molecule has 0 saturated carbocycles. The Labute approximate surface area is 212 Å². The molecule has 0 N–H and O–H groups in total. The molecule has 0 atom stereocenters. The van der Waals surface area contributed by atoms with Crippen molar-refractivity contribution in [2.75, 3.05) is 19.6 Å². The molecule has 1 aliphatic rings. The lowest BCUT2D eigenvalue weighted by Gasteiger charge is -2.35. The number of hydrogen-bond donors (Lipinski definition) is 0. The van der Waals surface area contributed by atoms with Crippen molar-refractivity contribution < 1.29 is 6.11 Å². The Balaban J connectivity index is 1.23. The van der Waals surface area contributed by atoms with Crippen LogP contribution in [0.1, 0.15) is 34.5 Å². The van der Waals surface area contributed by atoms with Gasteiger partial charge in [-0.1, -0.05) is 24.6 Å². The second-order valence-electron chi connectivity index (χ2n) is 10.1. The van der Waals surface area contributed by atoms with E-state index in [2.05, 4.69) is 33.8 Å². The van der Waals surface area contributed by atoms with Crippen LogP contribution < -0.4 is 4.74 Å². The van der Waals surface area contributed by atoms with Gasteiger partial charge in [0.2, 0.25) is 0 Å². The minimum atomic E-state index is -0.286. The summed E-state index contributed by atoms with van der Waals surface area (Å²) in [5.41, 5.74) is 4.85. The van der Waals surface area contributed by atoms with E-state index in [0.717, 1.165) is 64.3 Å². The molecule has 5 heterocycles. The third kappa shape index (κ3) is 4.54. The standard InChI is InChI=1S/C29H30N6O/c1-29(2,20-34-14-4-3-5-15-34)36-22-11-12-26(31-17-22)21-16-32-28-25(18-33-35(28)19-21)23-8-6-10-27-24(23)9-7-13-30-27/h6-13,16-19H,3-5,14-15,20H2,1-2H3/i13D. The summed E-state index contributed by atoms with van der Waals surface area (Å²) in [5, 5.41) is 5.54. The van der Waals surface area contributed by atoms with Gasteiger partial charge in [0, 0.05) is 41.6 Å². The number of nitrogens with zero attached hydrogens (tertiary/aromatic N) is 6. The summed E-state index contributed by atoms with van der Waals surface area (Å²) in [4.78, 5) is 16.2. The molecule has 1 fully saturated rings. The van der Waals surface area contributed by atoms with E-state index in [1.54, 1.807) is 16.8 Å². The van der Waals surface area contributed by atoms with Crippen molar-refractivity contribution in [1.82, 2.24) is 29.5 Å². The SMILES string of the molecule is [2H]c1ccc2c(-c3cnn4cc(-c5ccc(OC(C)(C)CN6CCCCC6)cn5)cnc34)cccc2n1. The average Bonchev–Trinajstić information content (AvgIpc) is 3.32. The molecule has 0 radical (unpaired) electrons. The number of piperidine rings is 1. The van der Waals surface area contributed by atoms with E-state index >= 15 is 0 Å². The van der Waals surface area contributed by atoms with Gasteiger partial charge in [-0.25, -0.2) is 9.50 Å². The average molecular weight is 480 g/mol. The smallest absolute Gasteiger partial charge is 0.162 e. The van der Waals surface area contributed by atoms with E-state index in [1.807, 2.05) is 55.0 Å². The van der Waals surface area contributed by atoms with Crippen molar-refractivity contribution in [3.05, 3.63) is 73.4 Å². The van der Waals surface area contributed by atoms with Crippen molar-refractivity contribution in [2.24, 2.45) is 0 Å². The fraction of sp³-hybridized carbons (Fsp3) is 0.310. The van der Waals surface area contributed by atoms with Crippen molar-refractivity contribution >= 4 is 16.6 Å². The highest BCUT2D eigenvalue weighted by atomic mass is 16.5. The first-order valence-corrected chi connectivity index (χ1v) is 12.5. The molecule has 182 valence electrons. The van der Waals surface area contributed by atoms with Crippen LogP contribution in [0.25, 0.3) is 38.9 Å². The van der Waals surface area contributed by atoms with Gasteiger partial charge in [0.15, 0.2) is 5.65 Å². The maximum atomic E-state index is 7.81. The molecule has 6 rings (SSSR count). The highest BCUT2D eigenvalue weighted by Crippen LogP contribution is 2.31. The molecule has 0 spiro atoms. The van der Waals surface area contributed by atoms with E-state index in [-0.39, 0.29) is 11.8 Å². The van der Waals surface area contributed by atoms with E-state index in [0.29, 0.717) is 0 Å². The maximum Gasteiger partial charge on any atom is 0.162 e. The second-order valence-corrected chi connectivity index (χ2v) is 10.1. The zero-order valence-corrected chi connectivity index (χ0v) is 20.7. The van der Waals surface area contributed by atoms with Gasteiger partial charge in [0.1, 0.15) is 11.4 Å². The molecule has 36 heavy (non-hydrogen) atoms. The number of rotatable bonds is 6. The number of aromatic nitrogens is 5. The second kappa shape index (κ2) is 9.32. The summed E-state index contributed by atoms with van der Waals surface area (Å²) < 4.78 is 15.9. The number of fused-ring (bicyclic) bond motifs is 2. The minimum absolute atomic E-state index is 0.252. The first-order chi connectivity index (χ1) is 17.9. The monoisotopic (exact) mass is 479 g/mol. The first-order valence-electron chi connectivity index (χ1n) is 13.0. The van der Waals surface area contributed by atoms with Gasteiger partial charge in [-0.3, -0.25) is 14.9 Å². The molecule has 7 nitrogen and oxygen atoms in total. The molecular formula is C29H30N6O. The largest absolute Gasteiger partial charge is 0.485 e. The van der Waals surface area contributed by atoms with Crippen molar-refractivity contribution in [3.63, 3.8) is 0 Å². The fourth-order valence-corrected chi connectivity index (χ4v) is 5.10. The Bertz CT molecular complexity index is 1560. The maximum absolute atomic E-state index is 7.81. The molecule has 1 saturated heterocycles. The van der Waals surface area contributed by atoms with E-state index in [1.165, 1.54) is 19.3 Å². The number of hydrogen-bond acceptors (Lipinski definition) is 6. The van der Waals surface area contributed by atoms with Gasteiger partial charge in [-0.05, 0) is 69.6 Å². The summed E-state index contributed by atoms with van der Waals surface area (Å²) in [6, 6.07) is 13.5. The number of ether oxygens (including phenoxy) is 1. The van der Waals surface area contributed by atoms with Crippen LogP contribution in [0, 0.1) is 0 Å². The van der Waals surface area contributed by atoms with Crippen molar-refractivity contribution in [2.45, 2.75) is 38.7 Å². The Kier molecular flexibility index (Phi) is 5.55. The number of pyridine rings is 2. The topological polar surface area (TPSA) is 68.4 Å². The Morgan fingerprint density at radius 2 is 1.81 bits per heavy atom. The lowest BCUT2D eigenvalue weighted by molar-refractivity contribution is 0.0517. The molecule has 7 heteroatoms. The van der Waals surface area contributed by atoms with Gasteiger partial charge in [-0.2, -0.15) is 5.10 Å². The van der Waals surface area contributed by atoms with Crippen LogP contribution in [0.3, 0.4) is 0 Å². The zero-order chi connectivity index (χ0) is 25.4. The summed E-state index contributed by atoms with van der Waals surface area (Å²) in [5.74, 6) is 0.765. The van der Waals surface area contributed by atoms with Crippen molar-refractivity contribution in [1.29, 1.82) is 0 Å². The molecule has 5 aromatic rings. The summed E-state index contributed by atoms with van der Waals surface area (Å²) in [6.07, 6.45) is 11.5. The lowest BCUT2D eigenvalue weighted by Crippen LogP contribution is -2.44. The molecule has 0 aliphatic carbocycles.